The molecule has 0 bridgehead atoms. The Kier molecular flexibility index (Phi) is 5.66. The number of anilines is 1. The van der Waals surface area contributed by atoms with Gasteiger partial charge in [0.2, 0.25) is 0 Å². The Bertz CT molecular complexity index is 1040. The van der Waals surface area contributed by atoms with E-state index in [2.05, 4.69) is 0 Å². The van der Waals surface area contributed by atoms with Gasteiger partial charge in [-0.1, -0.05) is 17.7 Å². The molecule has 0 aromatic heterocycles. The summed E-state index contributed by atoms with van der Waals surface area (Å²) in [6.45, 7) is -1.04. The average Bonchev–Trinajstić information content (AvgIpc) is 2.60. The maximum absolute atomic E-state index is 12.9. The molecule has 2 aromatic carbocycles. The summed E-state index contributed by atoms with van der Waals surface area (Å²) in [7, 11) is -4.55. The van der Waals surface area contributed by atoms with Gasteiger partial charge in [0.15, 0.2) is 0 Å². The molecule has 0 amide bonds. The number of non-ortho nitro benzene ring substituents is 1. The van der Waals surface area contributed by atoms with E-state index in [1.54, 1.807) is 0 Å². The molecule has 0 fully saturated rings. The van der Waals surface area contributed by atoms with Crippen LogP contribution in [0.15, 0.2) is 47.4 Å². The summed E-state index contributed by atoms with van der Waals surface area (Å²) in [6.07, 6.45) is 0. The van der Waals surface area contributed by atoms with Crippen molar-refractivity contribution in [2.45, 2.75) is 4.90 Å². The molecule has 142 valence electrons. The highest BCUT2D eigenvalue weighted by Crippen LogP contribution is 2.29. The second kappa shape index (κ2) is 7.60. The maximum Gasteiger partial charge on any atom is 0.337 e. The SMILES string of the molecule is O=C(O)CN(c1ccc(Cl)c(C(=O)O)c1)S(=O)(=O)c1cccc([N+](=O)[O-])c1. The summed E-state index contributed by atoms with van der Waals surface area (Å²) in [5.74, 6) is -2.96. The van der Waals surface area contributed by atoms with Gasteiger partial charge in [0.1, 0.15) is 6.54 Å². The number of rotatable bonds is 7. The molecular formula is C15H11ClN2O8S. The molecular weight excluding hydrogens is 404 g/mol. The Balaban J connectivity index is 2.64. The summed E-state index contributed by atoms with van der Waals surface area (Å²) in [6, 6.07) is 7.19. The van der Waals surface area contributed by atoms with Crippen molar-refractivity contribution >= 4 is 44.9 Å². The fraction of sp³-hybridized carbons (Fsp3) is 0.0667. The molecule has 2 rings (SSSR count). The molecule has 0 spiro atoms. The van der Waals surface area contributed by atoms with E-state index in [9.17, 15) is 28.1 Å². The number of carbonyl (C=O) groups is 2. The molecule has 0 atom stereocenters. The van der Waals surface area contributed by atoms with E-state index in [4.69, 9.17) is 21.8 Å². The summed E-state index contributed by atoms with van der Waals surface area (Å²) in [4.78, 5) is 31.9. The number of aromatic carboxylic acids is 1. The third-order valence-corrected chi connectivity index (χ3v) is 5.46. The first-order valence-electron chi connectivity index (χ1n) is 7.06. The van der Waals surface area contributed by atoms with Gasteiger partial charge in [-0.25, -0.2) is 13.2 Å². The lowest BCUT2D eigenvalue weighted by Crippen LogP contribution is -2.36. The third-order valence-electron chi connectivity index (χ3n) is 3.36. The lowest BCUT2D eigenvalue weighted by Gasteiger charge is -2.23. The number of nitro groups is 1. The summed E-state index contributed by atoms with van der Waals surface area (Å²) in [5, 5.41) is 28.9. The van der Waals surface area contributed by atoms with Gasteiger partial charge in [0.05, 0.1) is 26.1 Å². The van der Waals surface area contributed by atoms with Gasteiger partial charge in [-0.15, -0.1) is 0 Å². The minimum Gasteiger partial charge on any atom is -0.480 e. The van der Waals surface area contributed by atoms with Gasteiger partial charge < -0.3 is 10.2 Å². The largest absolute Gasteiger partial charge is 0.480 e. The van der Waals surface area contributed by atoms with Crippen molar-refractivity contribution < 1.29 is 33.1 Å². The Morgan fingerprint density at radius 3 is 2.37 bits per heavy atom. The predicted molar refractivity (Wildman–Crippen MR) is 93.7 cm³/mol. The van der Waals surface area contributed by atoms with Gasteiger partial charge in [0.25, 0.3) is 15.7 Å². The molecule has 27 heavy (non-hydrogen) atoms. The van der Waals surface area contributed by atoms with Crippen LogP contribution >= 0.6 is 11.6 Å². The van der Waals surface area contributed by atoms with Crippen molar-refractivity contribution in [3.8, 4) is 0 Å². The molecule has 12 heteroatoms. The minimum atomic E-state index is -4.55. The number of hydrogen-bond acceptors (Lipinski definition) is 6. The van der Waals surface area contributed by atoms with Crippen LogP contribution in [0.1, 0.15) is 10.4 Å². The molecule has 0 aliphatic carbocycles. The molecule has 2 aromatic rings. The monoisotopic (exact) mass is 414 g/mol. The first kappa shape index (κ1) is 20.1. The van der Waals surface area contributed by atoms with Crippen molar-refractivity contribution in [3.05, 3.63) is 63.2 Å². The lowest BCUT2D eigenvalue weighted by atomic mass is 10.2. The molecule has 0 saturated carbocycles. The zero-order valence-electron chi connectivity index (χ0n) is 13.3. The van der Waals surface area contributed by atoms with Crippen molar-refractivity contribution in [2.75, 3.05) is 10.8 Å². The van der Waals surface area contributed by atoms with Gasteiger partial charge in [-0.3, -0.25) is 19.2 Å². The Morgan fingerprint density at radius 1 is 1.15 bits per heavy atom. The highest BCUT2D eigenvalue weighted by Gasteiger charge is 2.29. The summed E-state index contributed by atoms with van der Waals surface area (Å²) < 4.78 is 26.2. The number of aliphatic carboxylic acids is 1. The topological polar surface area (TPSA) is 155 Å². The zero-order valence-corrected chi connectivity index (χ0v) is 14.8. The van der Waals surface area contributed by atoms with E-state index in [0.717, 1.165) is 42.5 Å². The van der Waals surface area contributed by atoms with E-state index in [1.165, 1.54) is 0 Å². The number of carboxylic acid groups (broad SMARTS) is 2. The van der Waals surface area contributed by atoms with Gasteiger partial charge in [-0.2, -0.15) is 0 Å². The molecule has 0 aliphatic heterocycles. The van der Waals surface area contributed by atoms with Crippen LogP contribution in [-0.2, 0) is 14.8 Å². The van der Waals surface area contributed by atoms with Gasteiger partial charge in [0, 0.05) is 12.1 Å². The van der Waals surface area contributed by atoms with Crippen LogP contribution in [0.4, 0.5) is 11.4 Å². The quantitative estimate of drug-likeness (QED) is 0.516. The number of carboxylic acids is 2. The highest BCUT2D eigenvalue weighted by atomic mass is 35.5. The number of sulfonamides is 1. The van der Waals surface area contributed by atoms with Crippen LogP contribution in [0.2, 0.25) is 5.02 Å². The van der Waals surface area contributed by atoms with Crippen LogP contribution in [-0.4, -0.2) is 42.0 Å². The first-order valence-corrected chi connectivity index (χ1v) is 8.87. The third kappa shape index (κ3) is 4.33. The first-order chi connectivity index (χ1) is 12.5. The number of benzene rings is 2. The van der Waals surface area contributed by atoms with Crippen LogP contribution in [0, 0.1) is 10.1 Å². The van der Waals surface area contributed by atoms with Crippen LogP contribution in [0.3, 0.4) is 0 Å². The van der Waals surface area contributed by atoms with Gasteiger partial charge >= 0.3 is 11.9 Å². The normalized spacial score (nSPS) is 11.0. The fourth-order valence-corrected chi connectivity index (χ4v) is 3.80. The summed E-state index contributed by atoms with van der Waals surface area (Å²) in [5.41, 5.74) is -1.21. The summed E-state index contributed by atoms with van der Waals surface area (Å²) >= 11 is 5.75. The number of halogens is 1. The number of hydrogen-bond donors (Lipinski definition) is 2. The van der Waals surface area contributed by atoms with Crippen molar-refractivity contribution in [2.24, 2.45) is 0 Å². The Morgan fingerprint density at radius 2 is 1.81 bits per heavy atom. The highest BCUT2D eigenvalue weighted by molar-refractivity contribution is 7.92. The van der Waals surface area contributed by atoms with E-state index < -0.39 is 49.6 Å². The standard InChI is InChI=1S/C15H11ClN2O8S/c16-13-5-4-9(7-12(13)15(21)22)17(8-14(19)20)27(25,26)11-3-1-2-10(6-11)18(23)24/h1-7H,8H2,(H,19,20)(H,21,22). The van der Waals surface area contributed by atoms with E-state index >= 15 is 0 Å². The Hall–Kier alpha value is -3.18. The minimum absolute atomic E-state index is 0.172. The maximum atomic E-state index is 12.9. The molecule has 0 heterocycles. The molecule has 0 saturated heterocycles. The molecule has 0 unspecified atom stereocenters. The van der Waals surface area contributed by atoms with Crippen LogP contribution in [0.25, 0.3) is 0 Å². The van der Waals surface area contributed by atoms with Crippen molar-refractivity contribution in [3.63, 3.8) is 0 Å². The van der Waals surface area contributed by atoms with Crippen molar-refractivity contribution in [1.82, 2.24) is 0 Å². The van der Waals surface area contributed by atoms with E-state index in [-0.39, 0.29) is 10.7 Å². The van der Waals surface area contributed by atoms with Crippen LogP contribution < -0.4 is 4.31 Å². The second-order valence-electron chi connectivity index (χ2n) is 5.13. The van der Waals surface area contributed by atoms with E-state index in [0.29, 0.717) is 4.31 Å². The molecule has 2 N–H and O–H groups in total. The van der Waals surface area contributed by atoms with E-state index in [1.807, 2.05) is 0 Å². The zero-order chi connectivity index (χ0) is 20.4. The Labute approximate surface area is 157 Å². The molecule has 0 aliphatic rings. The van der Waals surface area contributed by atoms with Gasteiger partial charge in [-0.05, 0) is 24.3 Å². The second-order valence-corrected chi connectivity index (χ2v) is 7.40. The molecule has 0 radical (unpaired) electrons. The lowest BCUT2D eigenvalue weighted by molar-refractivity contribution is -0.385. The number of nitro benzene ring substituents is 1. The smallest absolute Gasteiger partial charge is 0.337 e. The van der Waals surface area contributed by atoms with Crippen molar-refractivity contribution in [1.29, 1.82) is 0 Å². The molecule has 10 nitrogen and oxygen atoms in total. The fourth-order valence-electron chi connectivity index (χ4n) is 2.15. The number of nitrogens with zero attached hydrogens (tertiary/aromatic N) is 2. The predicted octanol–water partition coefficient (Wildman–Crippen LogP) is 2.23. The average molecular weight is 415 g/mol. The van der Waals surface area contributed by atoms with Crippen LogP contribution in [0.5, 0.6) is 0 Å².